The maximum atomic E-state index is 13.4. The monoisotopic (exact) mass is 327 g/mol. The van der Waals surface area contributed by atoms with Gasteiger partial charge < -0.3 is 10.1 Å². The SMILES string of the molecule is CCC(Nc1ccc(F)c(OC)c1)c1ccc(Cl)cc1Cl. The summed E-state index contributed by atoms with van der Waals surface area (Å²) in [4.78, 5) is 0. The minimum absolute atomic E-state index is 0.00457. The van der Waals surface area contributed by atoms with E-state index in [-0.39, 0.29) is 17.6 Å². The molecule has 2 nitrogen and oxygen atoms in total. The number of nitrogens with one attached hydrogen (secondary N) is 1. The van der Waals surface area contributed by atoms with Gasteiger partial charge >= 0.3 is 0 Å². The summed E-state index contributed by atoms with van der Waals surface area (Å²) < 4.78 is 18.4. The second kappa shape index (κ2) is 7.01. The van der Waals surface area contributed by atoms with E-state index in [0.29, 0.717) is 10.0 Å². The van der Waals surface area contributed by atoms with Gasteiger partial charge in [0, 0.05) is 21.8 Å². The summed E-state index contributed by atoms with van der Waals surface area (Å²) in [6, 6.07) is 10.1. The van der Waals surface area contributed by atoms with Crippen LogP contribution in [-0.2, 0) is 0 Å². The zero-order valence-electron chi connectivity index (χ0n) is 11.8. The van der Waals surface area contributed by atoms with Crippen molar-refractivity contribution in [2.24, 2.45) is 0 Å². The van der Waals surface area contributed by atoms with E-state index in [0.717, 1.165) is 17.7 Å². The van der Waals surface area contributed by atoms with E-state index in [9.17, 15) is 4.39 Å². The molecule has 2 aromatic carbocycles. The minimum atomic E-state index is -0.388. The molecule has 0 aliphatic rings. The number of benzene rings is 2. The molecule has 0 heterocycles. The van der Waals surface area contributed by atoms with Gasteiger partial charge in [-0.25, -0.2) is 4.39 Å². The summed E-state index contributed by atoms with van der Waals surface area (Å²) in [5.74, 6) is -0.183. The van der Waals surface area contributed by atoms with Crippen molar-refractivity contribution in [2.45, 2.75) is 19.4 Å². The highest BCUT2D eigenvalue weighted by Gasteiger charge is 2.14. The van der Waals surface area contributed by atoms with Gasteiger partial charge in [0.05, 0.1) is 13.2 Å². The number of hydrogen-bond acceptors (Lipinski definition) is 2. The maximum Gasteiger partial charge on any atom is 0.165 e. The van der Waals surface area contributed by atoms with Gasteiger partial charge in [-0.15, -0.1) is 0 Å². The first-order valence-electron chi connectivity index (χ1n) is 6.60. The molecule has 2 aromatic rings. The standard InChI is InChI=1S/C16H16Cl2FNO/c1-3-15(12-6-4-10(17)8-13(12)18)20-11-5-7-14(19)16(9-11)21-2/h4-9,15,20H,3H2,1-2H3. The predicted molar refractivity (Wildman–Crippen MR) is 86.1 cm³/mol. The Morgan fingerprint density at radius 1 is 1.19 bits per heavy atom. The second-order valence-corrected chi connectivity index (χ2v) is 5.46. The molecular formula is C16H16Cl2FNO. The predicted octanol–water partition coefficient (Wildman–Crippen LogP) is 5.70. The molecular weight excluding hydrogens is 312 g/mol. The summed E-state index contributed by atoms with van der Waals surface area (Å²) in [6.07, 6.45) is 0.820. The van der Waals surface area contributed by atoms with Crippen LogP contribution in [0.1, 0.15) is 24.9 Å². The fraction of sp³-hybridized carbons (Fsp3) is 0.250. The Kier molecular flexibility index (Phi) is 5.32. The zero-order chi connectivity index (χ0) is 15.4. The molecule has 21 heavy (non-hydrogen) atoms. The van der Waals surface area contributed by atoms with Crippen LogP contribution in [0.5, 0.6) is 5.75 Å². The Balaban J connectivity index is 2.26. The second-order valence-electron chi connectivity index (χ2n) is 4.62. The Morgan fingerprint density at radius 3 is 2.57 bits per heavy atom. The van der Waals surface area contributed by atoms with Crippen LogP contribution in [0.2, 0.25) is 10.0 Å². The van der Waals surface area contributed by atoms with Crippen molar-refractivity contribution >= 4 is 28.9 Å². The van der Waals surface area contributed by atoms with Crippen LogP contribution in [0.3, 0.4) is 0 Å². The minimum Gasteiger partial charge on any atom is -0.494 e. The van der Waals surface area contributed by atoms with Gasteiger partial charge in [0.15, 0.2) is 11.6 Å². The van der Waals surface area contributed by atoms with Crippen LogP contribution in [0.4, 0.5) is 10.1 Å². The van der Waals surface area contributed by atoms with Gasteiger partial charge in [-0.2, -0.15) is 0 Å². The number of hydrogen-bond donors (Lipinski definition) is 1. The van der Waals surface area contributed by atoms with Gasteiger partial charge in [0.25, 0.3) is 0 Å². The van der Waals surface area contributed by atoms with Crippen LogP contribution in [0, 0.1) is 5.82 Å². The normalized spacial score (nSPS) is 12.0. The van der Waals surface area contributed by atoms with Crippen molar-refractivity contribution in [2.75, 3.05) is 12.4 Å². The third-order valence-electron chi connectivity index (χ3n) is 3.24. The molecule has 0 amide bonds. The van der Waals surface area contributed by atoms with Crippen molar-refractivity contribution in [1.29, 1.82) is 0 Å². The number of rotatable bonds is 5. The summed E-state index contributed by atoms with van der Waals surface area (Å²) >= 11 is 12.2. The van der Waals surface area contributed by atoms with Crippen molar-refractivity contribution in [1.82, 2.24) is 0 Å². The number of ether oxygens (including phenoxy) is 1. The Hall–Kier alpha value is -1.45. The van der Waals surface area contributed by atoms with E-state index in [2.05, 4.69) is 5.32 Å². The number of halogens is 3. The van der Waals surface area contributed by atoms with E-state index >= 15 is 0 Å². The van der Waals surface area contributed by atoms with Crippen molar-refractivity contribution < 1.29 is 9.13 Å². The third kappa shape index (κ3) is 3.80. The average Bonchev–Trinajstić information content (AvgIpc) is 2.47. The van der Waals surface area contributed by atoms with Gasteiger partial charge in [0.1, 0.15) is 0 Å². The molecule has 5 heteroatoms. The Morgan fingerprint density at radius 2 is 1.95 bits per heavy atom. The molecule has 112 valence electrons. The molecule has 0 aliphatic heterocycles. The number of anilines is 1. The lowest BCUT2D eigenvalue weighted by Crippen LogP contribution is -2.10. The van der Waals surface area contributed by atoms with Crippen LogP contribution in [-0.4, -0.2) is 7.11 Å². The topological polar surface area (TPSA) is 21.3 Å². The highest BCUT2D eigenvalue weighted by atomic mass is 35.5. The van der Waals surface area contributed by atoms with Crippen molar-refractivity contribution in [3.63, 3.8) is 0 Å². The molecule has 2 rings (SSSR count). The molecule has 1 unspecified atom stereocenters. The Bertz CT molecular complexity index is 634. The maximum absolute atomic E-state index is 13.4. The summed E-state index contributed by atoms with van der Waals surface area (Å²) in [5, 5.41) is 4.54. The van der Waals surface area contributed by atoms with Gasteiger partial charge in [0.2, 0.25) is 0 Å². The molecule has 0 aliphatic carbocycles. The highest BCUT2D eigenvalue weighted by molar-refractivity contribution is 6.35. The lowest BCUT2D eigenvalue weighted by molar-refractivity contribution is 0.386. The van der Waals surface area contributed by atoms with Crippen LogP contribution < -0.4 is 10.1 Å². The van der Waals surface area contributed by atoms with E-state index in [4.69, 9.17) is 27.9 Å². The third-order valence-corrected chi connectivity index (χ3v) is 3.80. The largest absolute Gasteiger partial charge is 0.494 e. The van der Waals surface area contributed by atoms with Gasteiger partial charge in [-0.3, -0.25) is 0 Å². The zero-order valence-corrected chi connectivity index (χ0v) is 13.3. The quantitative estimate of drug-likeness (QED) is 0.760. The Labute approximate surface area is 133 Å². The van der Waals surface area contributed by atoms with Crippen molar-refractivity contribution in [3.8, 4) is 5.75 Å². The number of methoxy groups -OCH3 is 1. The van der Waals surface area contributed by atoms with Crippen LogP contribution in [0.25, 0.3) is 0 Å². The molecule has 0 saturated heterocycles. The average molecular weight is 328 g/mol. The summed E-state index contributed by atoms with van der Waals surface area (Å²) in [7, 11) is 1.44. The molecule has 0 aromatic heterocycles. The van der Waals surface area contributed by atoms with E-state index in [1.807, 2.05) is 13.0 Å². The first kappa shape index (κ1) is 15.9. The van der Waals surface area contributed by atoms with Crippen LogP contribution >= 0.6 is 23.2 Å². The molecule has 0 bridgehead atoms. The first-order valence-corrected chi connectivity index (χ1v) is 7.35. The first-order chi connectivity index (χ1) is 10.0. The highest BCUT2D eigenvalue weighted by Crippen LogP contribution is 2.31. The van der Waals surface area contributed by atoms with E-state index < -0.39 is 0 Å². The van der Waals surface area contributed by atoms with Crippen LogP contribution in [0.15, 0.2) is 36.4 Å². The van der Waals surface area contributed by atoms with Gasteiger partial charge in [-0.1, -0.05) is 36.2 Å². The molecule has 0 radical (unpaired) electrons. The lowest BCUT2D eigenvalue weighted by atomic mass is 10.0. The smallest absolute Gasteiger partial charge is 0.165 e. The molecule has 0 fully saturated rings. The molecule has 1 atom stereocenters. The molecule has 0 spiro atoms. The molecule has 0 saturated carbocycles. The fourth-order valence-electron chi connectivity index (χ4n) is 2.13. The lowest BCUT2D eigenvalue weighted by Gasteiger charge is -2.20. The summed E-state index contributed by atoms with van der Waals surface area (Å²) in [5.41, 5.74) is 1.72. The van der Waals surface area contributed by atoms with Crippen molar-refractivity contribution in [3.05, 3.63) is 57.8 Å². The fourth-order valence-corrected chi connectivity index (χ4v) is 2.67. The molecule has 1 N–H and O–H groups in total. The van der Waals surface area contributed by atoms with E-state index in [1.54, 1.807) is 24.3 Å². The van der Waals surface area contributed by atoms with Gasteiger partial charge in [-0.05, 0) is 36.2 Å². The summed E-state index contributed by atoms with van der Waals surface area (Å²) in [6.45, 7) is 2.04. The van der Waals surface area contributed by atoms with E-state index in [1.165, 1.54) is 13.2 Å².